The van der Waals surface area contributed by atoms with Crippen molar-refractivity contribution in [2.24, 2.45) is 0 Å². The number of hydrogen-bond donors (Lipinski definition) is 1. The van der Waals surface area contributed by atoms with E-state index in [0.717, 1.165) is 12.8 Å². The molecule has 1 N–H and O–H groups in total. The molecule has 1 aliphatic carbocycles. The van der Waals surface area contributed by atoms with E-state index in [4.69, 9.17) is 4.74 Å². The molecule has 1 amide bonds. The second kappa shape index (κ2) is 7.04. The third-order valence-electron chi connectivity index (χ3n) is 4.90. The second-order valence-corrected chi connectivity index (χ2v) is 6.42. The zero-order valence-electron chi connectivity index (χ0n) is 13.8. The van der Waals surface area contributed by atoms with Gasteiger partial charge in [-0.1, -0.05) is 42.8 Å². The van der Waals surface area contributed by atoms with E-state index in [0.29, 0.717) is 12.1 Å². The van der Waals surface area contributed by atoms with Crippen molar-refractivity contribution >= 4 is 5.91 Å². The molecule has 2 aromatic carbocycles. The summed E-state index contributed by atoms with van der Waals surface area (Å²) in [7, 11) is 1.42. The van der Waals surface area contributed by atoms with Crippen molar-refractivity contribution in [3.05, 3.63) is 65.5 Å². The first-order valence-corrected chi connectivity index (χ1v) is 8.28. The van der Waals surface area contributed by atoms with Crippen LogP contribution in [0.15, 0.2) is 48.5 Å². The van der Waals surface area contributed by atoms with Gasteiger partial charge >= 0.3 is 0 Å². The summed E-state index contributed by atoms with van der Waals surface area (Å²) >= 11 is 0. The van der Waals surface area contributed by atoms with Crippen molar-refractivity contribution in [2.45, 2.75) is 31.1 Å². The topological polar surface area (TPSA) is 38.3 Å². The number of ether oxygens (including phenoxy) is 1. The standard InChI is InChI=1S/C20H22FNO2/c1-24-18-9-8-15(12-17(18)21)13-19(23)22-14-20(10-5-11-20)16-6-3-2-4-7-16/h2-4,6-9,12H,5,10-11,13-14H2,1H3,(H,22,23). The lowest BCUT2D eigenvalue weighted by molar-refractivity contribution is -0.120. The number of methoxy groups -OCH3 is 1. The van der Waals surface area contributed by atoms with E-state index in [9.17, 15) is 9.18 Å². The lowest BCUT2D eigenvalue weighted by Crippen LogP contribution is -2.45. The molecule has 3 nitrogen and oxygen atoms in total. The fraction of sp³-hybridized carbons (Fsp3) is 0.350. The number of carbonyl (C=O) groups is 1. The molecule has 0 aliphatic heterocycles. The first kappa shape index (κ1) is 16.5. The highest BCUT2D eigenvalue weighted by atomic mass is 19.1. The number of halogens is 1. The molecule has 0 radical (unpaired) electrons. The van der Waals surface area contributed by atoms with Gasteiger partial charge in [0.2, 0.25) is 5.91 Å². The summed E-state index contributed by atoms with van der Waals surface area (Å²) in [6, 6.07) is 15.0. The molecule has 0 aromatic heterocycles. The molecule has 126 valence electrons. The molecule has 24 heavy (non-hydrogen) atoms. The molecule has 1 fully saturated rings. The molecule has 0 saturated heterocycles. The molecule has 2 aromatic rings. The minimum atomic E-state index is -0.442. The van der Waals surface area contributed by atoms with Crippen molar-refractivity contribution in [1.29, 1.82) is 0 Å². The predicted molar refractivity (Wildman–Crippen MR) is 91.6 cm³/mol. The Balaban J connectivity index is 1.60. The first-order valence-electron chi connectivity index (χ1n) is 8.28. The van der Waals surface area contributed by atoms with Crippen LogP contribution >= 0.6 is 0 Å². The summed E-state index contributed by atoms with van der Waals surface area (Å²) in [5, 5.41) is 3.03. The number of nitrogens with one attached hydrogen (secondary N) is 1. The van der Waals surface area contributed by atoms with E-state index in [1.165, 1.54) is 25.2 Å². The lowest BCUT2D eigenvalue weighted by Gasteiger charge is -2.42. The Hall–Kier alpha value is -2.36. The van der Waals surface area contributed by atoms with Crippen LogP contribution in [0.5, 0.6) is 5.75 Å². The maximum Gasteiger partial charge on any atom is 0.224 e. The number of amides is 1. The minimum Gasteiger partial charge on any atom is -0.494 e. The Morgan fingerprint density at radius 2 is 1.96 bits per heavy atom. The van der Waals surface area contributed by atoms with Crippen molar-refractivity contribution in [1.82, 2.24) is 5.32 Å². The summed E-state index contributed by atoms with van der Waals surface area (Å²) in [4.78, 5) is 12.2. The third-order valence-corrected chi connectivity index (χ3v) is 4.90. The molecule has 1 saturated carbocycles. The van der Waals surface area contributed by atoms with Gasteiger partial charge in [-0.05, 0) is 36.1 Å². The van der Waals surface area contributed by atoms with E-state index in [1.54, 1.807) is 12.1 Å². The molecule has 0 heterocycles. The Bertz CT molecular complexity index is 711. The Kier molecular flexibility index (Phi) is 4.84. The van der Waals surface area contributed by atoms with E-state index >= 15 is 0 Å². The molecule has 4 heteroatoms. The van der Waals surface area contributed by atoms with Crippen molar-refractivity contribution in [3.63, 3.8) is 0 Å². The molecular weight excluding hydrogens is 305 g/mol. The molecular formula is C20H22FNO2. The van der Waals surface area contributed by atoms with Crippen LogP contribution < -0.4 is 10.1 Å². The highest BCUT2D eigenvalue weighted by molar-refractivity contribution is 5.78. The van der Waals surface area contributed by atoms with Crippen LogP contribution in [0.25, 0.3) is 0 Å². The van der Waals surface area contributed by atoms with Crippen LogP contribution in [-0.2, 0) is 16.6 Å². The van der Waals surface area contributed by atoms with E-state index in [1.807, 2.05) is 18.2 Å². The van der Waals surface area contributed by atoms with Crippen LogP contribution in [0.3, 0.4) is 0 Å². The van der Waals surface area contributed by atoms with Gasteiger partial charge in [0.1, 0.15) is 0 Å². The minimum absolute atomic E-state index is 0.0576. The summed E-state index contributed by atoms with van der Waals surface area (Å²) in [6.45, 7) is 0.633. The van der Waals surface area contributed by atoms with E-state index in [2.05, 4.69) is 17.4 Å². The highest BCUT2D eigenvalue weighted by Gasteiger charge is 2.38. The summed E-state index contributed by atoms with van der Waals surface area (Å²) < 4.78 is 18.6. The van der Waals surface area contributed by atoms with Gasteiger partial charge < -0.3 is 10.1 Å². The van der Waals surface area contributed by atoms with Gasteiger partial charge in [0, 0.05) is 12.0 Å². The van der Waals surface area contributed by atoms with Gasteiger partial charge in [-0.15, -0.1) is 0 Å². The van der Waals surface area contributed by atoms with E-state index in [-0.39, 0.29) is 23.5 Å². The average molecular weight is 327 g/mol. The zero-order chi connectivity index (χ0) is 17.0. The normalized spacial score (nSPS) is 15.4. The largest absolute Gasteiger partial charge is 0.494 e. The SMILES string of the molecule is COc1ccc(CC(=O)NCC2(c3ccccc3)CCC2)cc1F. The average Bonchev–Trinajstić information content (AvgIpc) is 2.55. The van der Waals surface area contributed by atoms with Gasteiger partial charge in [-0.3, -0.25) is 4.79 Å². The lowest BCUT2D eigenvalue weighted by atomic mass is 9.64. The molecule has 1 aliphatic rings. The Morgan fingerprint density at radius 3 is 2.54 bits per heavy atom. The summed E-state index contributed by atoms with van der Waals surface area (Å²) in [5.74, 6) is -0.332. The maximum absolute atomic E-state index is 13.7. The zero-order valence-corrected chi connectivity index (χ0v) is 13.8. The van der Waals surface area contributed by atoms with Crippen LogP contribution in [0, 0.1) is 5.82 Å². The number of benzene rings is 2. The van der Waals surface area contributed by atoms with Crippen molar-refractivity contribution in [3.8, 4) is 5.75 Å². The maximum atomic E-state index is 13.7. The molecule has 0 unspecified atom stereocenters. The van der Waals surface area contributed by atoms with Crippen LogP contribution in [0.4, 0.5) is 4.39 Å². The smallest absolute Gasteiger partial charge is 0.224 e. The second-order valence-electron chi connectivity index (χ2n) is 6.42. The van der Waals surface area contributed by atoms with Crippen LogP contribution in [0.2, 0.25) is 0 Å². The number of carbonyl (C=O) groups excluding carboxylic acids is 1. The fourth-order valence-corrected chi connectivity index (χ4v) is 3.30. The monoisotopic (exact) mass is 327 g/mol. The van der Waals surface area contributed by atoms with Crippen LogP contribution in [0.1, 0.15) is 30.4 Å². The molecule has 0 bridgehead atoms. The quantitative estimate of drug-likeness (QED) is 0.880. The van der Waals surface area contributed by atoms with E-state index < -0.39 is 5.82 Å². The molecule has 0 spiro atoms. The number of hydrogen-bond acceptors (Lipinski definition) is 2. The molecule has 0 atom stereocenters. The highest BCUT2D eigenvalue weighted by Crippen LogP contribution is 2.43. The Morgan fingerprint density at radius 1 is 1.21 bits per heavy atom. The fourth-order valence-electron chi connectivity index (χ4n) is 3.30. The van der Waals surface area contributed by atoms with Gasteiger partial charge in [0.15, 0.2) is 11.6 Å². The first-order chi connectivity index (χ1) is 11.6. The Labute approximate surface area is 141 Å². The molecule has 3 rings (SSSR count). The van der Waals surface area contributed by atoms with Gasteiger partial charge in [-0.2, -0.15) is 0 Å². The van der Waals surface area contributed by atoms with Gasteiger partial charge in [-0.25, -0.2) is 4.39 Å². The van der Waals surface area contributed by atoms with Gasteiger partial charge in [0.05, 0.1) is 13.5 Å². The van der Waals surface area contributed by atoms with Gasteiger partial charge in [0.25, 0.3) is 0 Å². The summed E-state index contributed by atoms with van der Waals surface area (Å²) in [6.07, 6.45) is 3.54. The summed E-state index contributed by atoms with van der Waals surface area (Å²) in [5.41, 5.74) is 1.99. The van der Waals surface area contributed by atoms with Crippen molar-refractivity contribution < 1.29 is 13.9 Å². The van der Waals surface area contributed by atoms with Crippen molar-refractivity contribution in [2.75, 3.05) is 13.7 Å². The van der Waals surface area contributed by atoms with Crippen LogP contribution in [-0.4, -0.2) is 19.6 Å². The number of rotatable bonds is 6. The third kappa shape index (κ3) is 3.42. The predicted octanol–water partition coefficient (Wildman–Crippen LogP) is 3.61.